The van der Waals surface area contributed by atoms with Crippen molar-refractivity contribution in [1.82, 2.24) is 5.32 Å². The molecule has 0 radical (unpaired) electrons. The maximum absolute atomic E-state index is 12.0. The van der Waals surface area contributed by atoms with Crippen LogP contribution in [0.25, 0.3) is 6.08 Å². The monoisotopic (exact) mass is 364 g/mol. The molecule has 0 aliphatic carbocycles. The zero-order chi connectivity index (χ0) is 16.4. The number of hydrogen-bond acceptors (Lipinski definition) is 4. The smallest absolute Gasteiger partial charge is 0.264 e. The Kier molecular flexibility index (Phi) is 4.61. The van der Waals surface area contributed by atoms with E-state index in [4.69, 9.17) is 23.2 Å². The molecule has 0 saturated carbocycles. The van der Waals surface area contributed by atoms with Gasteiger partial charge in [-0.05, 0) is 42.1 Å². The first-order valence-corrected chi connectivity index (χ1v) is 8.13. The number of amidine groups is 1. The van der Waals surface area contributed by atoms with Crippen molar-refractivity contribution in [2.45, 2.75) is 0 Å². The molecule has 0 spiro atoms. The fourth-order valence-corrected chi connectivity index (χ4v) is 3.28. The van der Waals surface area contributed by atoms with Crippen molar-refractivity contribution in [3.05, 3.63) is 63.0 Å². The van der Waals surface area contributed by atoms with Gasteiger partial charge in [-0.25, -0.2) is 4.99 Å². The lowest BCUT2D eigenvalue weighted by molar-refractivity contribution is -0.115. The Morgan fingerprint density at radius 3 is 2.65 bits per heavy atom. The summed E-state index contributed by atoms with van der Waals surface area (Å²) in [5, 5.41) is 13.6. The lowest BCUT2D eigenvalue weighted by atomic mass is 10.2. The van der Waals surface area contributed by atoms with E-state index in [1.807, 2.05) is 30.3 Å². The van der Waals surface area contributed by atoms with Crippen molar-refractivity contribution >= 4 is 57.8 Å². The minimum atomic E-state index is -0.292. The molecule has 0 unspecified atom stereocenters. The molecule has 1 aliphatic rings. The van der Waals surface area contributed by atoms with E-state index < -0.39 is 0 Å². The van der Waals surface area contributed by atoms with E-state index in [1.165, 1.54) is 30.0 Å². The second-order valence-electron chi connectivity index (χ2n) is 4.64. The van der Waals surface area contributed by atoms with Crippen LogP contribution >= 0.6 is 35.0 Å². The van der Waals surface area contributed by atoms with Gasteiger partial charge in [0, 0.05) is 10.6 Å². The topological polar surface area (TPSA) is 61.7 Å². The normalized spacial score (nSPS) is 17.7. The molecule has 2 N–H and O–H groups in total. The van der Waals surface area contributed by atoms with Gasteiger partial charge in [0.1, 0.15) is 5.75 Å². The maximum atomic E-state index is 12.0. The van der Waals surface area contributed by atoms with E-state index in [1.54, 1.807) is 0 Å². The van der Waals surface area contributed by atoms with Crippen LogP contribution in [0.5, 0.6) is 5.75 Å². The van der Waals surface area contributed by atoms with E-state index in [0.29, 0.717) is 20.7 Å². The molecule has 3 rings (SSSR count). The van der Waals surface area contributed by atoms with Gasteiger partial charge in [0.25, 0.3) is 5.91 Å². The molecule has 23 heavy (non-hydrogen) atoms. The number of benzene rings is 2. The highest BCUT2D eigenvalue weighted by Crippen LogP contribution is 2.35. The number of thioether (sulfide) groups is 1. The minimum Gasteiger partial charge on any atom is -0.506 e. The molecular formula is C16H10Cl2N2O2S. The van der Waals surface area contributed by atoms with Crippen LogP contribution in [0.4, 0.5) is 5.69 Å². The number of aliphatic imine (C=N–C) groups is 1. The summed E-state index contributed by atoms with van der Waals surface area (Å²) in [6.45, 7) is 0. The third kappa shape index (κ3) is 3.69. The molecule has 1 fully saturated rings. The Balaban J connectivity index is 1.90. The number of phenolic OH excluding ortho intramolecular Hbond substituents is 1. The Bertz CT molecular complexity index is 835. The second kappa shape index (κ2) is 6.66. The van der Waals surface area contributed by atoms with Crippen LogP contribution in [0.1, 0.15) is 5.56 Å². The average molecular weight is 365 g/mol. The summed E-state index contributed by atoms with van der Waals surface area (Å²) in [4.78, 5) is 16.8. The molecule has 1 saturated heterocycles. The third-order valence-electron chi connectivity index (χ3n) is 2.98. The predicted octanol–water partition coefficient (Wildman–Crippen LogP) is 4.59. The first kappa shape index (κ1) is 15.9. The fraction of sp³-hybridized carbons (Fsp3) is 0. The molecular weight excluding hydrogens is 355 g/mol. The Labute approximate surface area is 146 Å². The first-order valence-electron chi connectivity index (χ1n) is 6.55. The van der Waals surface area contributed by atoms with Crippen LogP contribution in [0.15, 0.2) is 52.4 Å². The molecule has 116 valence electrons. The van der Waals surface area contributed by atoms with E-state index in [2.05, 4.69) is 10.3 Å². The van der Waals surface area contributed by atoms with Gasteiger partial charge in [-0.2, -0.15) is 0 Å². The number of para-hydroxylation sites is 1. The highest BCUT2D eigenvalue weighted by molar-refractivity contribution is 8.18. The molecule has 0 atom stereocenters. The van der Waals surface area contributed by atoms with Crippen LogP contribution in [0.3, 0.4) is 0 Å². The summed E-state index contributed by atoms with van der Waals surface area (Å²) >= 11 is 13.0. The summed E-state index contributed by atoms with van der Waals surface area (Å²) in [6, 6.07) is 12.3. The molecule has 1 amide bonds. The van der Waals surface area contributed by atoms with Crippen LogP contribution in [-0.4, -0.2) is 16.2 Å². The van der Waals surface area contributed by atoms with Gasteiger partial charge >= 0.3 is 0 Å². The van der Waals surface area contributed by atoms with Crippen molar-refractivity contribution < 1.29 is 9.90 Å². The predicted molar refractivity (Wildman–Crippen MR) is 95.4 cm³/mol. The van der Waals surface area contributed by atoms with E-state index >= 15 is 0 Å². The fourth-order valence-electron chi connectivity index (χ4n) is 1.94. The minimum absolute atomic E-state index is 0.120. The molecule has 1 aliphatic heterocycles. The van der Waals surface area contributed by atoms with E-state index in [9.17, 15) is 9.90 Å². The van der Waals surface area contributed by atoms with E-state index in [-0.39, 0.29) is 16.7 Å². The van der Waals surface area contributed by atoms with Crippen molar-refractivity contribution in [3.63, 3.8) is 0 Å². The van der Waals surface area contributed by atoms with Gasteiger partial charge in [-0.3, -0.25) is 4.79 Å². The summed E-state index contributed by atoms with van der Waals surface area (Å²) in [5.41, 5.74) is 1.12. The number of carbonyl (C=O) groups is 1. The molecule has 0 aromatic heterocycles. The highest BCUT2D eigenvalue weighted by atomic mass is 35.5. The maximum Gasteiger partial charge on any atom is 0.264 e. The standard InChI is InChI=1S/C16H10Cl2N2O2S/c17-10-6-9(14(21)12(18)8-10)7-13-15(22)20-16(23-13)19-11-4-2-1-3-5-11/h1-8,21H,(H,19,20,22). The molecule has 2 aromatic carbocycles. The number of phenols is 1. The number of halogens is 2. The molecule has 4 nitrogen and oxygen atoms in total. The number of amides is 1. The number of aromatic hydroxyl groups is 1. The summed E-state index contributed by atoms with van der Waals surface area (Å²) in [6.07, 6.45) is 1.53. The quantitative estimate of drug-likeness (QED) is 0.766. The molecule has 2 aromatic rings. The van der Waals surface area contributed by atoms with Crippen LogP contribution in [-0.2, 0) is 4.79 Å². The largest absolute Gasteiger partial charge is 0.506 e. The highest BCUT2D eigenvalue weighted by Gasteiger charge is 2.24. The van der Waals surface area contributed by atoms with Gasteiger partial charge in [0.15, 0.2) is 5.17 Å². The number of nitrogens with zero attached hydrogens (tertiary/aromatic N) is 1. The van der Waals surface area contributed by atoms with Gasteiger partial charge in [0.2, 0.25) is 0 Å². The summed E-state index contributed by atoms with van der Waals surface area (Å²) < 4.78 is 0. The van der Waals surface area contributed by atoms with Gasteiger partial charge in [0.05, 0.1) is 15.6 Å². The summed E-state index contributed by atoms with van der Waals surface area (Å²) in [5.74, 6) is -0.411. The van der Waals surface area contributed by atoms with Crippen LogP contribution in [0, 0.1) is 0 Å². The van der Waals surface area contributed by atoms with Crippen molar-refractivity contribution in [1.29, 1.82) is 0 Å². The van der Waals surface area contributed by atoms with Crippen molar-refractivity contribution in [2.24, 2.45) is 4.99 Å². The van der Waals surface area contributed by atoms with Gasteiger partial charge in [-0.1, -0.05) is 41.4 Å². The van der Waals surface area contributed by atoms with E-state index in [0.717, 1.165) is 5.69 Å². The Morgan fingerprint density at radius 2 is 1.91 bits per heavy atom. The summed E-state index contributed by atoms with van der Waals surface area (Å²) in [7, 11) is 0. The van der Waals surface area contributed by atoms with Crippen molar-refractivity contribution in [2.75, 3.05) is 0 Å². The first-order chi connectivity index (χ1) is 11.0. The van der Waals surface area contributed by atoms with Crippen molar-refractivity contribution in [3.8, 4) is 5.75 Å². The Hall–Kier alpha value is -1.95. The lowest BCUT2D eigenvalue weighted by Crippen LogP contribution is -2.19. The molecule has 7 heteroatoms. The number of carbonyl (C=O) groups excluding carboxylic acids is 1. The third-order valence-corrected chi connectivity index (χ3v) is 4.40. The van der Waals surface area contributed by atoms with Crippen LogP contribution in [0.2, 0.25) is 10.0 Å². The number of rotatable bonds is 2. The second-order valence-corrected chi connectivity index (χ2v) is 6.52. The zero-order valence-corrected chi connectivity index (χ0v) is 13.9. The lowest BCUT2D eigenvalue weighted by Gasteiger charge is -2.03. The molecule has 0 bridgehead atoms. The van der Waals surface area contributed by atoms with Gasteiger partial charge < -0.3 is 10.4 Å². The molecule has 1 heterocycles. The zero-order valence-electron chi connectivity index (χ0n) is 11.6. The number of nitrogens with one attached hydrogen (secondary N) is 1. The van der Waals surface area contributed by atoms with Gasteiger partial charge in [-0.15, -0.1) is 0 Å². The van der Waals surface area contributed by atoms with Crippen LogP contribution < -0.4 is 5.32 Å². The average Bonchev–Trinajstić information content (AvgIpc) is 2.85. The SMILES string of the molecule is O=C1NC(=Nc2ccccc2)SC1=Cc1cc(Cl)cc(Cl)c1O. The Morgan fingerprint density at radius 1 is 1.17 bits per heavy atom. The number of hydrogen-bond donors (Lipinski definition) is 2.